The van der Waals surface area contributed by atoms with Crippen LogP contribution >= 0.6 is 0 Å². The molecule has 1 heterocycles. The van der Waals surface area contributed by atoms with Gasteiger partial charge in [0.25, 0.3) is 0 Å². The maximum Gasteiger partial charge on any atom is 0.189 e. The van der Waals surface area contributed by atoms with E-state index >= 15 is 0 Å². The molecule has 5 nitrogen and oxygen atoms in total. The van der Waals surface area contributed by atoms with E-state index < -0.39 is 0 Å². The zero-order chi connectivity index (χ0) is 14.5. The first-order valence-electron chi connectivity index (χ1n) is 6.70. The van der Waals surface area contributed by atoms with Gasteiger partial charge in [0.1, 0.15) is 11.5 Å². The Bertz CT molecular complexity index is 600. The van der Waals surface area contributed by atoms with E-state index in [1.807, 2.05) is 36.4 Å². The molecule has 22 heavy (non-hydrogen) atoms. The van der Waals surface area contributed by atoms with Gasteiger partial charge in [0.15, 0.2) is 13.6 Å². The molecule has 3 rings (SSSR count). The van der Waals surface area contributed by atoms with Crippen molar-refractivity contribution in [1.82, 2.24) is 0 Å². The second-order valence-electron chi connectivity index (χ2n) is 4.67. The van der Waals surface area contributed by atoms with Gasteiger partial charge in [-0.05, 0) is 35.0 Å². The molecular formula is C16H17O5W-. The molecular weight excluding hydrogens is 456 g/mol. The predicted octanol–water partition coefficient (Wildman–Crippen LogP) is 2.73. The van der Waals surface area contributed by atoms with Gasteiger partial charge in [-0.3, -0.25) is 0 Å². The van der Waals surface area contributed by atoms with E-state index in [2.05, 4.69) is 0 Å². The topological polar surface area (TPSA) is 49.5 Å². The van der Waals surface area contributed by atoms with Crippen LogP contribution in [-0.4, -0.2) is 33.4 Å². The molecule has 6 heteroatoms. The summed E-state index contributed by atoms with van der Waals surface area (Å²) < 4.78 is 26.1. The third-order valence-corrected chi connectivity index (χ3v) is 3.05. The fourth-order valence-corrected chi connectivity index (χ4v) is 1.92. The number of methoxy groups -OCH3 is 1. The molecule has 2 aromatic rings. The van der Waals surface area contributed by atoms with Gasteiger partial charge in [0.2, 0.25) is 0 Å². The van der Waals surface area contributed by atoms with E-state index in [4.69, 9.17) is 23.7 Å². The fraction of sp³-hybridized carbons (Fsp3) is 0.312. The molecule has 0 saturated carbocycles. The van der Waals surface area contributed by atoms with Crippen molar-refractivity contribution in [3.8, 4) is 11.5 Å². The van der Waals surface area contributed by atoms with Gasteiger partial charge < -0.3 is 23.7 Å². The van der Waals surface area contributed by atoms with Gasteiger partial charge in [-0.2, -0.15) is 6.61 Å². The number of hydrogen-bond acceptors (Lipinski definition) is 5. The smallest absolute Gasteiger partial charge is 0.189 e. The van der Waals surface area contributed by atoms with Crippen molar-refractivity contribution < 1.29 is 44.7 Å². The molecule has 0 bridgehead atoms. The molecule has 118 valence electrons. The third kappa shape index (κ3) is 4.95. The van der Waals surface area contributed by atoms with Crippen LogP contribution in [0, 0.1) is 6.61 Å². The number of epoxide rings is 1. The Morgan fingerprint density at radius 2 is 1.59 bits per heavy atom. The molecule has 0 amide bonds. The van der Waals surface area contributed by atoms with Crippen LogP contribution in [-0.2, 0) is 35.3 Å². The zero-order valence-corrected chi connectivity index (χ0v) is 15.1. The second-order valence-corrected chi connectivity index (χ2v) is 4.67. The maximum absolute atomic E-state index is 5.54. The van der Waals surface area contributed by atoms with E-state index in [0.717, 1.165) is 22.3 Å². The minimum absolute atomic E-state index is 0. The van der Waals surface area contributed by atoms with Crippen molar-refractivity contribution >= 4 is 10.8 Å². The molecule has 0 N–H and O–H groups in total. The van der Waals surface area contributed by atoms with E-state index in [1.165, 1.54) is 0 Å². The van der Waals surface area contributed by atoms with Gasteiger partial charge in [0, 0.05) is 34.8 Å². The monoisotopic (exact) mass is 473 g/mol. The molecule has 1 atom stereocenters. The first-order valence-corrected chi connectivity index (χ1v) is 6.70. The molecule has 0 aromatic heterocycles. The predicted molar refractivity (Wildman–Crippen MR) is 77.1 cm³/mol. The van der Waals surface area contributed by atoms with Crippen LogP contribution < -0.4 is 9.47 Å². The van der Waals surface area contributed by atoms with Crippen LogP contribution in [0.5, 0.6) is 11.5 Å². The molecule has 0 radical (unpaired) electrons. The summed E-state index contributed by atoms with van der Waals surface area (Å²) in [7, 11) is 1.60. The Morgan fingerprint density at radius 1 is 1.00 bits per heavy atom. The minimum atomic E-state index is 0. The average Bonchev–Trinajstić information content (AvgIpc) is 3.33. The van der Waals surface area contributed by atoms with Crippen molar-refractivity contribution in [1.29, 1.82) is 0 Å². The molecule has 2 aromatic carbocycles. The van der Waals surface area contributed by atoms with E-state index in [1.54, 1.807) is 13.7 Å². The average molecular weight is 473 g/mol. The molecule has 0 spiro atoms. The number of rotatable bonds is 8. The van der Waals surface area contributed by atoms with Crippen LogP contribution in [0.2, 0.25) is 0 Å². The number of ether oxygens (including phenoxy) is 5. The summed E-state index contributed by atoms with van der Waals surface area (Å²) in [6.45, 7) is 2.73. The minimum Gasteiger partial charge on any atom is -0.568 e. The van der Waals surface area contributed by atoms with Gasteiger partial charge in [-0.1, -0.05) is 18.2 Å². The van der Waals surface area contributed by atoms with Gasteiger partial charge >= 0.3 is 0 Å². The van der Waals surface area contributed by atoms with Crippen LogP contribution in [0.25, 0.3) is 10.8 Å². The number of benzene rings is 2. The zero-order valence-electron chi connectivity index (χ0n) is 12.2. The van der Waals surface area contributed by atoms with Crippen molar-refractivity contribution in [2.24, 2.45) is 0 Å². The fourth-order valence-electron chi connectivity index (χ4n) is 1.92. The van der Waals surface area contributed by atoms with Gasteiger partial charge in [-0.15, -0.1) is 0 Å². The Balaban J connectivity index is 0.00000176. The number of fused-ring (bicyclic) bond motifs is 1. The maximum atomic E-state index is 5.54. The first kappa shape index (κ1) is 17.2. The van der Waals surface area contributed by atoms with E-state index in [9.17, 15) is 0 Å². The van der Waals surface area contributed by atoms with Gasteiger partial charge in [-0.25, -0.2) is 0 Å². The first-order chi connectivity index (χ1) is 10.3. The molecule has 0 aliphatic carbocycles. The summed E-state index contributed by atoms with van der Waals surface area (Å²) in [6.07, 6.45) is 0.135. The van der Waals surface area contributed by atoms with Crippen molar-refractivity contribution in [2.45, 2.75) is 6.10 Å². The van der Waals surface area contributed by atoms with Gasteiger partial charge in [0.05, 0.1) is 0 Å². The molecule has 1 saturated heterocycles. The number of hydrogen-bond donors (Lipinski definition) is 0. The van der Waals surface area contributed by atoms with E-state index in [0.29, 0.717) is 6.61 Å². The summed E-state index contributed by atoms with van der Waals surface area (Å²) in [5, 5.41) is 2.16. The standard InChI is InChI=1S/C16H17O5.W/c1-17-10-20-14-4-2-13-7-15(5-3-12(13)6-14)21-11-18-8-16-9-19-16;/h2-7,9,16H,8,10-11H2,1H3;/q-1;. The summed E-state index contributed by atoms with van der Waals surface area (Å²) in [5.41, 5.74) is 0. The van der Waals surface area contributed by atoms with Crippen molar-refractivity contribution in [2.75, 3.05) is 27.3 Å². The summed E-state index contributed by atoms with van der Waals surface area (Å²) in [5.74, 6) is 1.55. The summed E-state index contributed by atoms with van der Waals surface area (Å²) >= 11 is 0. The second kappa shape index (κ2) is 8.49. The van der Waals surface area contributed by atoms with Crippen LogP contribution in [0.4, 0.5) is 0 Å². The van der Waals surface area contributed by atoms with Crippen molar-refractivity contribution in [3.05, 3.63) is 43.0 Å². The Kier molecular flexibility index (Phi) is 6.65. The molecule has 1 aliphatic rings. The summed E-state index contributed by atoms with van der Waals surface area (Å²) in [6, 6.07) is 11.7. The Labute approximate surface area is 143 Å². The Hall–Kier alpha value is -1.13. The SMILES string of the molecule is COCOc1ccc2cc(OCOCC3[CH-]O3)ccc2c1.[W]. The molecule has 1 aliphatic heterocycles. The molecule has 1 unspecified atom stereocenters. The van der Waals surface area contributed by atoms with Crippen LogP contribution in [0.3, 0.4) is 0 Å². The molecule has 1 fully saturated rings. The Morgan fingerprint density at radius 3 is 2.14 bits per heavy atom. The summed E-state index contributed by atoms with van der Waals surface area (Å²) in [4.78, 5) is 0. The van der Waals surface area contributed by atoms with Crippen LogP contribution in [0.15, 0.2) is 36.4 Å². The van der Waals surface area contributed by atoms with E-state index in [-0.39, 0.29) is 40.8 Å². The normalized spacial score (nSPS) is 16.1. The van der Waals surface area contributed by atoms with Crippen LogP contribution in [0.1, 0.15) is 0 Å². The largest absolute Gasteiger partial charge is 0.568 e. The van der Waals surface area contributed by atoms with Crippen molar-refractivity contribution in [3.63, 3.8) is 0 Å². The third-order valence-electron chi connectivity index (χ3n) is 3.05. The quantitative estimate of drug-likeness (QED) is 0.256.